The van der Waals surface area contributed by atoms with Crippen LogP contribution in [0.15, 0.2) is 28.4 Å². The third-order valence-electron chi connectivity index (χ3n) is 12.7. The number of amides is 2. The van der Waals surface area contributed by atoms with E-state index in [0.717, 1.165) is 21.8 Å². The number of nitrogen functional groups attached to an aromatic ring is 1. The molecule has 3 aromatic rings. The first kappa shape index (κ1) is 70.7. The van der Waals surface area contributed by atoms with Gasteiger partial charge in [0.15, 0.2) is 24.0 Å². The number of fused-ring (bicyclic) bond motifs is 1. The molecule has 85 heavy (non-hydrogen) atoms. The number of nitrogens with two attached hydrogens (primary N) is 1. The van der Waals surface area contributed by atoms with Crippen LogP contribution in [0.5, 0.6) is 0 Å². The lowest BCUT2D eigenvalue weighted by Gasteiger charge is -2.42. The lowest BCUT2D eigenvalue weighted by Crippen LogP contribution is -2.63. The van der Waals surface area contributed by atoms with Gasteiger partial charge in [0.05, 0.1) is 49.8 Å². The first-order chi connectivity index (χ1) is 39.3. The van der Waals surface area contributed by atoms with E-state index in [2.05, 4.69) is 49.0 Å². The summed E-state index contributed by atoms with van der Waals surface area (Å²) in [4.78, 5) is 123. The number of nitrogens with one attached hydrogen (secondary N) is 4. The van der Waals surface area contributed by atoms with Gasteiger partial charge in [0.1, 0.15) is 60.8 Å². The summed E-state index contributed by atoms with van der Waals surface area (Å²) in [6.45, 7) is 3.55. The standard InChI is InChI=1S/C39H65N10O30P5S/c1-17-11-48(38(58)47-34(17)56)24-10-20(50)21(74-24)12-70-82(64,65)79-84(68,69)77-37-28(53)27(52)25(18(2)73-37)46-19(3)85-9-8-41-23(51)6-7-42-35(57)31(55)39(4,5)14-72-83(66,67)78-81(62,63)71-13-22-30(76-80(59,60)61)29(54)36(75-22)49-16-45-26-32(40)43-15-44-33(26)49/h11,15-16,18-22,24-25,27-31,36-37,46,50,52-55H,6-10,12-14H2,1-5H3,(H,41,51)(H,42,57)(H,62,63)(H,64,65)(H,66,67)(H,68,69)(H2,40,43,44)(H,47,56,58)(H2,59,60,61)/t18-,19+,20+,21-,22-,24-,25-,27+,28-,29-,30-,31+,36-,37-/m1/s1. The van der Waals surface area contributed by atoms with Crippen LogP contribution in [0.25, 0.3) is 11.2 Å². The number of carbonyl (C=O) groups excluding carboxylic acids is 2. The molecule has 3 saturated heterocycles. The second-order valence-electron chi connectivity index (χ2n) is 19.8. The van der Waals surface area contributed by atoms with Crippen molar-refractivity contribution in [1.29, 1.82) is 0 Å². The topological polar surface area (TPSA) is 595 Å². The zero-order valence-electron chi connectivity index (χ0n) is 45.1. The molecule has 3 aliphatic heterocycles. The molecule has 0 bridgehead atoms. The number of aliphatic hydroxyl groups excluding tert-OH is 5. The van der Waals surface area contributed by atoms with Gasteiger partial charge < -0.3 is 85.5 Å². The van der Waals surface area contributed by atoms with Crippen molar-refractivity contribution >= 4 is 79.7 Å². The Morgan fingerprint density at radius 3 is 2.14 bits per heavy atom. The fourth-order valence-electron chi connectivity index (χ4n) is 8.34. The molecule has 0 spiro atoms. The van der Waals surface area contributed by atoms with Gasteiger partial charge in [-0.2, -0.15) is 8.62 Å². The maximum absolute atomic E-state index is 12.8. The lowest BCUT2D eigenvalue weighted by molar-refractivity contribution is -0.246. The van der Waals surface area contributed by atoms with E-state index in [4.69, 9.17) is 38.0 Å². The highest BCUT2D eigenvalue weighted by Gasteiger charge is 2.52. The Morgan fingerprint density at radius 2 is 1.48 bits per heavy atom. The van der Waals surface area contributed by atoms with Crippen molar-refractivity contribution in [3.8, 4) is 0 Å². The van der Waals surface area contributed by atoms with E-state index in [1.165, 1.54) is 45.7 Å². The average molecular weight is 1340 g/mol. The van der Waals surface area contributed by atoms with Crippen LogP contribution in [0.1, 0.15) is 58.6 Å². The second kappa shape index (κ2) is 28.6. The van der Waals surface area contributed by atoms with Gasteiger partial charge in [0, 0.05) is 48.9 Å². The van der Waals surface area contributed by atoms with Crippen LogP contribution in [0.4, 0.5) is 5.82 Å². The van der Waals surface area contributed by atoms with E-state index in [0.29, 0.717) is 0 Å². The molecule has 0 aliphatic carbocycles. The van der Waals surface area contributed by atoms with Crippen molar-refractivity contribution in [3.63, 3.8) is 0 Å². The number of rotatable bonds is 30. The van der Waals surface area contributed by atoms with Gasteiger partial charge >= 0.3 is 44.8 Å². The summed E-state index contributed by atoms with van der Waals surface area (Å²) in [5, 5.41) is 61.1. The molecule has 0 aromatic carbocycles. The normalized spacial score (nSPS) is 29.3. The molecule has 4 unspecified atom stereocenters. The Balaban J connectivity index is 0.859. The maximum atomic E-state index is 12.8. The van der Waals surface area contributed by atoms with E-state index in [1.807, 2.05) is 0 Å². The Bertz CT molecular complexity index is 3210. The molecule has 0 saturated carbocycles. The third-order valence-corrected chi connectivity index (χ3v) is 19.4. The number of hydrogen-bond donors (Lipinski definition) is 16. The summed E-state index contributed by atoms with van der Waals surface area (Å²) in [6, 6.07) is -1.05. The molecule has 46 heteroatoms. The number of aromatic amines is 1. The van der Waals surface area contributed by atoms with Gasteiger partial charge in [-0.3, -0.25) is 56.4 Å². The van der Waals surface area contributed by atoms with Crippen LogP contribution < -0.4 is 32.9 Å². The zero-order valence-corrected chi connectivity index (χ0v) is 50.4. The molecule has 6 rings (SSSR count). The molecule has 0 radical (unpaired) electrons. The molecule has 17 N–H and O–H groups in total. The average Bonchev–Trinajstić information content (AvgIpc) is 1.94. The van der Waals surface area contributed by atoms with Gasteiger partial charge in [-0.25, -0.2) is 42.6 Å². The van der Waals surface area contributed by atoms with Crippen molar-refractivity contribution in [2.24, 2.45) is 5.41 Å². The summed E-state index contributed by atoms with van der Waals surface area (Å²) in [6.07, 6.45) is -17.3. The molecule has 6 heterocycles. The summed E-state index contributed by atoms with van der Waals surface area (Å²) in [7, 11) is -27.8. The number of nitrogens with zero attached hydrogens (tertiary/aromatic N) is 5. The SMILES string of the molecule is Cc1cn([C@H]2C[C@H](O)[C@@H](COP(=O)(O)OP(=O)(O)O[C@H]3O[C@H](C)[C@@H](N[C@H](C)SCCNC(=O)CCNC(=O)[C@H](O)C(C)(C)COP(=O)(O)OP(=O)(O)OC[C@H]4O[C@@H](n5cnc6c(N)ncnc65)[C@H](O)[C@@H]4OP(=O)(O)O)[C@H](O)[C@H]3O)O2)c(=O)[nH]c1=O. The molecular formula is C39H65N10O30P5S. The third kappa shape index (κ3) is 19.5. The number of ether oxygens (including phenoxy) is 3. The zero-order chi connectivity index (χ0) is 63.4. The van der Waals surface area contributed by atoms with E-state index in [-0.39, 0.29) is 54.2 Å². The number of aromatic nitrogens is 6. The van der Waals surface area contributed by atoms with Crippen molar-refractivity contribution in [2.45, 2.75) is 133 Å². The van der Waals surface area contributed by atoms with Crippen molar-refractivity contribution in [1.82, 2.24) is 45.0 Å². The minimum Gasteiger partial charge on any atom is -0.390 e. The first-order valence-corrected chi connectivity index (χ1v) is 33.5. The first-order valence-electron chi connectivity index (χ1n) is 24.9. The number of aliphatic hydroxyl groups is 5. The van der Waals surface area contributed by atoms with Crippen LogP contribution in [0.2, 0.25) is 0 Å². The molecule has 2 amide bonds. The minimum absolute atomic E-state index is 0.00451. The molecule has 18 atom stereocenters. The van der Waals surface area contributed by atoms with Crippen LogP contribution in [0.3, 0.4) is 0 Å². The number of H-pyrrole nitrogens is 1. The number of phosphoric ester groups is 5. The highest BCUT2D eigenvalue weighted by Crippen LogP contribution is 2.63. The Hall–Kier alpha value is -3.41. The number of imidazole rings is 1. The fourth-order valence-corrected chi connectivity index (χ4v) is 14.2. The quantitative estimate of drug-likeness (QED) is 0.0176. The Kier molecular flexibility index (Phi) is 23.8. The maximum Gasteiger partial charge on any atom is 0.483 e. The van der Waals surface area contributed by atoms with Crippen LogP contribution in [-0.4, -0.2) is 207 Å². The molecule has 3 fully saturated rings. The number of hydrogen-bond acceptors (Lipinski definition) is 30. The van der Waals surface area contributed by atoms with E-state index >= 15 is 0 Å². The number of carbonyl (C=O) groups is 2. The molecule has 3 aromatic heterocycles. The summed E-state index contributed by atoms with van der Waals surface area (Å²) in [5.74, 6) is -1.44. The molecular weight excluding hydrogens is 1280 g/mol. The van der Waals surface area contributed by atoms with Gasteiger partial charge in [0.25, 0.3) is 5.56 Å². The minimum atomic E-state index is -5.66. The van der Waals surface area contributed by atoms with Crippen molar-refractivity contribution in [2.75, 3.05) is 44.4 Å². The summed E-state index contributed by atoms with van der Waals surface area (Å²) >= 11 is 1.22. The van der Waals surface area contributed by atoms with Crippen LogP contribution in [0, 0.1) is 12.3 Å². The number of thioether (sulfide) groups is 1. The van der Waals surface area contributed by atoms with Gasteiger partial charge in [-0.1, -0.05) is 13.8 Å². The number of anilines is 1. The summed E-state index contributed by atoms with van der Waals surface area (Å²) < 4.78 is 114. The molecule has 3 aliphatic rings. The van der Waals surface area contributed by atoms with E-state index in [1.54, 1.807) is 6.92 Å². The van der Waals surface area contributed by atoms with Crippen LogP contribution >= 0.6 is 50.9 Å². The van der Waals surface area contributed by atoms with Crippen LogP contribution in [-0.2, 0) is 77.9 Å². The largest absolute Gasteiger partial charge is 0.483 e. The lowest BCUT2D eigenvalue weighted by atomic mass is 9.87. The number of phosphoric acid groups is 5. The Morgan fingerprint density at radius 1 is 0.847 bits per heavy atom. The van der Waals surface area contributed by atoms with Gasteiger partial charge in [0.2, 0.25) is 11.8 Å². The van der Waals surface area contributed by atoms with Gasteiger partial charge in [-0.05, 0) is 20.8 Å². The molecule has 482 valence electrons. The van der Waals surface area contributed by atoms with E-state index < -0.39 is 173 Å². The van der Waals surface area contributed by atoms with Crippen molar-refractivity contribution in [3.05, 3.63) is 45.3 Å². The number of aryl methyl sites for hydroxylation is 1. The molecule has 40 nitrogen and oxygen atoms in total. The second-order valence-corrected chi connectivity index (χ2v) is 28.5. The monoisotopic (exact) mass is 1340 g/mol. The fraction of sp³-hybridized carbons (Fsp3) is 0.718. The Labute approximate surface area is 483 Å². The smallest absolute Gasteiger partial charge is 0.390 e. The van der Waals surface area contributed by atoms with Gasteiger partial charge in [-0.15, -0.1) is 11.8 Å². The van der Waals surface area contributed by atoms with Crippen molar-refractivity contribution < 1.29 is 133 Å². The summed E-state index contributed by atoms with van der Waals surface area (Å²) in [5.41, 5.74) is 2.74. The predicted molar refractivity (Wildman–Crippen MR) is 283 cm³/mol. The highest BCUT2D eigenvalue weighted by atomic mass is 32.2. The van der Waals surface area contributed by atoms with E-state index in [9.17, 15) is 96.9 Å². The predicted octanol–water partition coefficient (Wildman–Crippen LogP) is -3.33. The highest BCUT2D eigenvalue weighted by molar-refractivity contribution is 7.99.